The van der Waals surface area contributed by atoms with Crippen molar-refractivity contribution in [3.05, 3.63) is 59.6 Å². The lowest BCUT2D eigenvalue weighted by molar-refractivity contribution is 0.0358. The topological polar surface area (TPSA) is 126 Å². The van der Waals surface area contributed by atoms with Crippen LogP contribution in [0.4, 0.5) is 15.9 Å². The van der Waals surface area contributed by atoms with E-state index in [0.717, 1.165) is 56.1 Å². The van der Waals surface area contributed by atoms with Crippen molar-refractivity contribution in [1.82, 2.24) is 35.0 Å². The van der Waals surface area contributed by atoms with Crippen LogP contribution in [0.3, 0.4) is 0 Å². The number of morpholine rings is 1. The number of benzene rings is 2. The van der Waals surface area contributed by atoms with Crippen LogP contribution in [0.1, 0.15) is 6.42 Å². The molecular formula is C28H28ClFN8O3. The molecule has 0 spiro atoms. The van der Waals surface area contributed by atoms with Gasteiger partial charge in [0.25, 0.3) is 0 Å². The fourth-order valence-electron chi connectivity index (χ4n) is 4.59. The third kappa shape index (κ3) is 6.09. The van der Waals surface area contributed by atoms with Gasteiger partial charge in [0, 0.05) is 36.9 Å². The first-order valence-electron chi connectivity index (χ1n) is 13.2. The van der Waals surface area contributed by atoms with Crippen molar-refractivity contribution in [3.8, 4) is 34.4 Å². The fourth-order valence-corrected chi connectivity index (χ4v) is 4.76. The minimum absolute atomic E-state index is 0.152. The van der Waals surface area contributed by atoms with Crippen molar-refractivity contribution in [1.29, 1.82) is 0 Å². The van der Waals surface area contributed by atoms with Crippen LogP contribution in [0.5, 0.6) is 11.5 Å². The van der Waals surface area contributed by atoms with Crippen molar-refractivity contribution in [3.63, 3.8) is 0 Å². The summed E-state index contributed by atoms with van der Waals surface area (Å²) >= 11 is 6.07. The number of nitrogens with one attached hydrogen (secondary N) is 3. The first-order chi connectivity index (χ1) is 20.1. The van der Waals surface area contributed by atoms with Crippen molar-refractivity contribution in [2.24, 2.45) is 0 Å². The number of anilines is 2. The van der Waals surface area contributed by atoms with Gasteiger partial charge >= 0.3 is 0 Å². The number of rotatable bonds is 10. The Balaban J connectivity index is 1.19. The molecule has 212 valence electrons. The van der Waals surface area contributed by atoms with Gasteiger partial charge < -0.3 is 24.5 Å². The fraction of sp³-hybridized carbons (Fsp3) is 0.286. The number of methoxy groups -OCH3 is 1. The van der Waals surface area contributed by atoms with Crippen LogP contribution in [0.25, 0.3) is 33.9 Å². The molecule has 0 unspecified atom stereocenters. The summed E-state index contributed by atoms with van der Waals surface area (Å²) in [5, 5.41) is 10.8. The number of nitrogens with zero attached hydrogens (tertiary/aromatic N) is 5. The molecule has 1 fully saturated rings. The number of aromatic nitrogens is 6. The van der Waals surface area contributed by atoms with Gasteiger partial charge in [-0.1, -0.05) is 11.6 Å². The molecule has 3 aromatic heterocycles. The summed E-state index contributed by atoms with van der Waals surface area (Å²) in [6.07, 6.45) is 4.07. The summed E-state index contributed by atoms with van der Waals surface area (Å²) in [6, 6.07) is 9.98. The quantitative estimate of drug-likeness (QED) is 0.195. The Kier molecular flexibility index (Phi) is 7.94. The maximum Gasteiger partial charge on any atom is 0.179 e. The van der Waals surface area contributed by atoms with Gasteiger partial charge in [0.15, 0.2) is 28.9 Å². The number of halogens is 2. The number of aromatic amines is 2. The van der Waals surface area contributed by atoms with Crippen molar-refractivity contribution in [2.75, 3.05) is 51.9 Å². The highest BCUT2D eigenvalue weighted by molar-refractivity contribution is 6.30. The van der Waals surface area contributed by atoms with E-state index in [1.807, 2.05) is 18.2 Å². The molecule has 1 saturated heterocycles. The van der Waals surface area contributed by atoms with E-state index in [1.165, 1.54) is 31.5 Å². The van der Waals surface area contributed by atoms with Gasteiger partial charge in [0.1, 0.15) is 11.6 Å². The van der Waals surface area contributed by atoms with Gasteiger partial charge in [0.05, 0.1) is 55.4 Å². The van der Waals surface area contributed by atoms with Crippen LogP contribution in [-0.2, 0) is 4.74 Å². The molecule has 13 heteroatoms. The molecule has 0 bridgehead atoms. The lowest BCUT2D eigenvalue weighted by Gasteiger charge is -2.26. The van der Waals surface area contributed by atoms with E-state index in [-0.39, 0.29) is 11.4 Å². The van der Waals surface area contributed by atoms with E-state index in [2.05, 4.69) is 35.4 Å². The number of hydrogen-bond donors (Lipinski definition) is 3. The summed E-state index contributed by atoms with van der Waals surface area (Å²) in [4.78, 5) is 19.2. The zero-order chi connectivity index (χ0) is 28.2. The van der Waals surface area contributed by atoms with Crippen molar-refractivity contribution >= 4 is 34.1 Å². The van der Waals surface area contributed by atoms with Gasteiger partial charge in [-0.3, -0.25) is 10.00 Å². The Bertz CT molecular complexity index is 1650. The average Bonchev–Trinajstić information content (AvgIpc) is 3.63. The Morgan fingerprint density at radius 1 is 1.15 bits per heavy atom. The molecule has 0 atom stereocenters. The van der Waals surface area contributed by atoms with E-state index in [0.29, 0.717) is 40.4 Å². The van der Waals surface area contributed by atoms with Gasteiger partial charge in [-0.25, -0.2) is 19.3 Å². The second-order valence-corrected chi connectivity index (χ2v) is 9.86. The maximum atomic E-state index is 14.5. The van der Waals surface area contributed by atoms with E-state index in [1.54, 1.807) is 6.20 Å². The molecule has 1 aliphatic heterocycles. The molecule has 2 aromatic carbocycles. The van der Waals surface area contributed by atoms with Crippen LogP contribution < -0.4 is 14.8 Å². The highest BCUT2D eigenvalue weighted by atomic mass is 35.5. The number of ether oxygens (including phenoxy) is 3. The minimum atomic E-state index is -0.489. The highest BCUT2D eigenvalue weighted by Crippen LogP contribution is 2.33. The summed E-state index contributed by atoms with van der Waals surface area (Å²) in [6.45, 7) is 5.14. The smallest absolute Gasteiger partial charge is 0.179 e. The molecular weight excluding hydrogens is 551 g/mol. The minimum Gasteiger partial charge on any atom is -0.493 e. The first kappa shape index (κ1) is 26.9. The Morgan fingerprint density at radius 3 is 2.88 bits per heavy atom. The molecule has 0 aliphatic carbocycles. The Hall–Kier alpha value is -4.26. The molecule has 41 heavy (non-hydrogen) atoms. The Morgan fingerprint density at radius 2 is 2.02 bits per heavy atom. The van der Waals surface area contributed by atoms with Crippen LogP contribution >= 0.6 is 11.6 Å². The highest BCUT2D eigenvalue weighted by Gasteiger charge is 2.18. The zero-order valence-corrected chi connectivity index (χ0v) is 23.0. The zero-order valence-electron chi connectivity index (χ0n) is 22.3. The molecule has 5 aromatic rings. The monoisotopic (exact) mass is 578 g/mol. The Labute approximate surface area is 240 Å². The predicted octanol–water partition coefficient (Wildman–Crippen LogP) is 5.06. The van der Waals surface area contributed by atoms with E-state index < -0.39 is 5.82 Å². The predicted molar refractivity (Wildman–Crippen MR) is 153 cm³/mol. The summed E-state index contributed by atoms with van der Waals surface area (Å²) in [7, 11) is 1.50. The van der Waals surface area contributed by atoms with Crippen LogP contribution in [0.15, 0.2) is 48.8 Å². The molecule has 4 heterocycles. The molecule has 0 amide bonds. The normalized spacial score (nSPS) is 13.9. The van der Waals surface area contributed by atoms with Gasteiger partial charge in [-0.15, -0.1) is 0 Å². The summed E-state index contributed by atoms with van der Waals surface area (Å²) in [5.41, 5.74) is 2.88. The first-order valence-corrected chi connectivity index (χ1v) is 13.6. The van der Waals surface area contributed by atoms with E-state index in [9.17, 15) is 4.39 Å². The summed E-state index contributed by atoms with van der Waals surface area (Å²) < 4.78 is 31.3. The average molecular weight is 579 g/mol. The third-order valence-corrected chi connectivity index (χ3v) is 6.94. The third-order valence-electron chi connectivity index (χ3n) is 6.71. The van der Waals surface area contributed by atoms with Gasteiger partial charge in [0.2, 0.25) is 0 Å². The van der Waals surface area contributed by atoms with Gasteiger partial charge in [-0.2, -0.15) is 5.10 Å². The molecule has 0 radical (unpaired) electrons. The van der Waals surface area contributed by atoms with Gasteiger partial charge in [-0.05, 0) is 36.8 Å². The van der Waals surface area contributed by atoms with E-state index >= 15 is 0 Å². The van der Waals surface area contributed by atoms with Crippen molar-refractivity contribution < 1.29 is 18.6 Å². The molecule has 1 aliphatic rings. The maximum absolute atomic E-state index is 14.5. The molecule has 3 N–H and O–H groups in total. The number of hydrogen-bond acceptors (Lipinski definition) is 9. The van der Waals surface area contributed by atoms with Crippen LogP contribution in [-0.4, -0.2) is 81.6 Å². The summed E-state index contributed by atoms with van der Waals surface area (Å²) in [5.74, 6) is 1.65. The second-order valence-electron chi connectivity index (χ2n) is 9.43. The largest absolute Gasteiger partial charge is 0.493 e. The molecule has 0 saturated carbocycles. The number of fused-ring (bicyclic) bond motifs is 1. The standard InChI is InChI=1S/C28H28ClFN8O3/c1-39-24-16-31-26(19-13-17(29)3-5-20(19)30)36-27(24)35-23-15-32-37-25(23)28-33-21-6-4-18(14-22(21)34-28)41-10-2-7-38-8-11-40-12-9-38/h3-6,13-16H,2,7-12H2,1H3,(H,32,37)(H,33,34)(H,31,35,36). The van der Waals surface area contributed by atoms with Crippen molar-refractivity contribution in [2.45, 2.75) is 6.42 Å². The number of H-pyrrole nitrogens is 2. The van der Waals surface area contributed by atoms with Crippen LogP contribution in [0, 0.1) is 5.82 Å². The molecule has 6 rings (SSSR count). The second kappa shape index (κ2) is 12.1. The SMILES string of the molecule is COc1cnc(-c2cc(Cl)ccc2F)nc1Nc1c[nH]nc1-c1nc2cc(OCCCN3CCOCC3)ccc2[nH]1. The molecule has 11 nitrogen and oxygen atoms in total. The van der Waals surface area contributed by atoms with E-state index in [4.69, 9.17) is 30.8 Å². The van der Waals surface area contributed by atoms with Crippen LogP contribution in [0.2, 0.25) is 5.02 Å². The number of imidazole rings is 1. The lowest BCUT2D eigenvalue weighted by Crippen LogP contribution is -2.37. The lowest BCUT2D eigenvalue weighted by atomic mass is 10.2.